The van der Waals surface area contributed by atoms with E-state index < -0.39 is 17.0 Å². The number of tetrazole rings is 1. The van der Waals surface area contributed by atoms with Gasteiger partial charge in [-0.3, -0.25) is 0 Å². The Hall–Kier alpha value is -1.08. The van der Waals surface area contributed by atoms with E-state index in [0.29, 0.717) is 0 Å². The molecule has 0 fully saturated rings. The molecule has 1 aromatic heterocycles. The van der Waals surface area contributed by atoms with Crippen LogP contribution < -0.4 is 0 Å². The molecular weight excluding hydrogens is 317 g/mol. The summed E-state index contributed by atoms with van der Waals surface area (Å²) in [6.45, 7) is 1.64. The molecular formula is C9H6BrClF2N4. The maximum Gasteiger partial charge on any atom is 0.174 e. The summed E-state index contributed by atoms with van der Waals surface area (Å²) >= 11 is 8.72. The van der Waals surface area contributed by atoms with Crippen molar-refractivity contribution in [3.8, 4) is 5.69 Å². The summed E-state index contributed by atoms with van der Waals surface area (Å²) in [7, 11) is 0. The highest BCUT2D eigenvalue weighted by molar-refractivity contribution is 9.10. The lowest BCUT2D eigenvalue weighted by Crippen LogP contribution is -2.06. The fraction of sp³-hybridized carbons (Fsp3) is 0.222. The van der Waals surface area contributed by atoms with Crippen molar-refractivity contribution in [3.63, 3.8) is 0 Å². The van der Waals surface area contributed by atoms with Crippen LogP contribution in [0.2, 0.25) is 0 Å². The monoisotopic (exact) mass is 322 g/mol. The van der Waals surface area contributed by atoms with Gasteiger partial charge in [0.25, 0.3) is 0 Å². The molecule has 0 saturated carbocycles. The molecule has 0 aliphatic rings. The largest absolute Gasteiger partial charge is 0.206 e. The van der Waals surface area contributed by atoms with E-state index in [9.17, 15) is 8.78 Å². The minimum atomic E-state index is -0.649. The van der Waals surface area contributed by atoms with Gasteiger partial charge in [0.2, 0.25) is 0 Å². The Morgan fingerprint density at radius 1 is 1.35 bits per heavy atom. The maximum absolute atomic E-state index is 13.7. The lowest BCUT2D eigenvalue weighted by Gasteiger charge is -2.07. The molecule has 0 amide bonds. The van der Waals surface area contributed by atoms with Gasteiger partial charge in [0.15, 0.2) is 5.82 Å². The zero-order valence-corrected chi connectivity index (χ0v) is 10.9. The third-order valence-electron chi connectivity index (χ3n) is 2.07. The molecule has 0 N–H and O–H groups in total. The van der Waals surface area contributed by atoms with Crippen LogP contribution >= 0.6 is 27.5 Å². The van der Waals surface area contributed by atoms with Crippen LogP contribution in [0.25, 0.3) is 5.69 Å². The second-order valence-electron chi connectivity index (χ2n) is 3.28. The van der Waals surface area contributed by atoms with E-state index in [1.165, 1.54) is 0 Å². The quantitative estimate of drug-likeness (QED) is 0.630. The van der Waals surface area contributed by atoms with Gasteiger partial charge in [-0.2, -0.15) is 4.68 Å². The predicted molar refractivity (Wildman–Crippen MR) is 61.0 cm³/mol. The van der Waals surface area contributed by atoms with Crippen molar-refractivity contribution in [2.24, 2.45) is 0 Å². The van der Waals surface area contributed by atoms with Crippen LogP contribution in [0.1, 0.15) is 18.1 Å². The molecule has 0 aliphatic heterocycles. The van der Waals surface area contributed by atoms with Gasteiger partial charge in [-0.15, -0.1) is 16.7 Å². The fourth-order valence-electron chi connectivity index (χ4n) is 1.29. The third-order valence-corrected chi connectivity index (χ3v) is 2.87. The Bertz CT molecular complexity index is 558. The molecule has 0 saturated heterocycles. The highest BCUT2D eigenvalue weighted by Gasteiger charge is 2.18. The van der Waals surface area contributed by atoms with Crippen LogP contribution in [0.15, 0.2) is 16.6 Å². The molecule has 1 heterocycles. The van der Waals surface area contributed by atoms with Gasteiger partial charge in [-0.1, -0.05) is 0 Å². The fourth-order valence-corrected chi connectivity index (χ4v) is 1.74. The summed E-state index contributed by atoms with van der Waals surface area (Å²) in [5, 5.41) is 10.1. The van der Waals surface area contributed by atoms with E-state index in [1.54, 1.807) is 6.92 Å². The molecule has 1 aromatic carbocycles. The molecule has 0 aliphatic carbocycles. The van der Waals surface area contributed by atoms with Crippen LogP contribution in [0.3, 0.4) is 0 Å². The summed E-state index contributed by atoms with van der Waals surface area (Å²) in [4.78, 5) is 0. The minimum absolute atomic E-state index is 0.0345. The van der Waals surface area contributed by atoms with Crippen molar-refractivity contribution in [3.05, 3.63) is 34.1 Å². The van der Waals surface area contributed by atoms with Crippen LogP contribution in [-0.4, -0.2) is 20.2 Å². The van der Waals surface area contributed by atoms with Gasteiger partial charge in [-0.05, 0) is 39.3 Å². The van der Waals surface area contributed by atoms with Crippen LogP contribution in [0, 0.1) is 11.6 Å². The van der Waals surface area contributed by atoms with Crippen LogP contribution in [0.5, 0.6) is 0 Å². The standard InChI is InChI=1S/C9H6BrClF2N4/c1-4(11)9-14-15-16-17(9)8-3-6(12)5(10)2-7(8)13/h2-4H,1H3. The molecule has 4 nitrogen and oxygen atoms in total. The molecule has 8 heteroatoms. The average molecular weight is 324 g/mol. The smallest absolute Gasteiger partial charge is 0.174 e. The Kier molecular flexibility index (Phi) is 3.39. The number of rotatable bonds is 2. The van der Waals surface area contributed by atoms with E-state index in [1.807, 2.05) is 0 Å². The van der Waals surface area contributed by atoms with Gasteiger partial charge in [0.1, 0.15) is 17.3 Å². The second-order valence-corrected chi connectivity index (χ2v) is 4.79. The molecule has 2 aromatic rings. The van der Waals surface area contributed by atoms with Gasteiger partial charge in [-0.25, -0.2) is 8.78 Å². The summed E-state index contributed by atoms with van der Waals surface area (Å²) < 4.78 is 28.1. The molecule has 1 unspecified atom stereocenters. The van der Waals surface area contributed by atoms with Crippen molar-refractivity contribution >= 4 is 27.5 Å². The zero-order valence-electron chi connectivity index (χ0n) is 8.53. The van der Waals surface area contributed by atoms with E-state index in [4.69, 9.17) is 11.6 Å². The van der Waals surface area contributed by atoms with E-state index in [0.717, 1.165) is 16.8 Å². The van der Waals surface area contributed by atoms with Crippen molar-refractivity contribution < 1.29 is 8.78 Å². The number of nitrogens with zero attached hydrogens (tertiary/aromatic N) is 4. The average Bonchev–Trinajstić information content (AvgIpc) is 2.72. The molecule has 0 bridgehead atoms. The second kappa shape index (κ2) is 4.66. The van der Waals surface area contributed by atoms with Crippen LogP contribution in [0.4, 0.5) is 8.78 Å². The highest BCUT2D eigenvalue weighted by atomic mass is 79.9. The topological polar surface area (TPSA) is 43.6 Å². The van der Waals surface area contributed by atoms with Crippen LogP contribution in [-0.2, 0) is 0 Å². The number of alkyl halides is 1. The number of aromatic nitrogens is 4. The minimum Gasteiger partial charge on any atom is -0.206 e. The molecule has 17 heavy (non-hydrogen) atoms. The SMILES string of the molecule is CC(Cl)c1nnnn1-c1cc(F)c(Br)cc1F. The maximum atomic E-state index is 13.7. The molecule has 90 valence electrons. The van der Waals surface area contributed by atoms with Crippen molar-refractivity contribution in [2.45, 2.75) is 12.3 Å². The Labute approximate surface area is 109 Å². The Balaban J connectivity index is 2.60. The van der Waals surface area contributed by atoms with Gasteiger partial charge < -0.3 is 0 Å². The lowest BCUT2D eigenvalue weighted by molar-refractivity contribution is 0.576. The van der Waals surface area contributed by atoms with Gasteiger partial charge >= 0.3 is 0 Å². The molecule has 0 spiro atoms. The van der Waals surface area contributed by atoms with E-state index in [-0.39, 0.29) is 16.0 Å². The first-order valence-corrected chi connectivity index (χ1v) is 5.81. The summed E-state index contributed by atoms with van der Waals surface area (Å²) in [6.07, 6.45) is 0. The third kappa shape index (κ3) is 2.30. The highest BCUT2D eigenvalue weighted by Crippen LogP contribution is 2.25. The number of hydrogen-bond acceptors (Lipinski definition) is 3. The van der Waals surface area contributed by atoms with Crippen molar-refractivity contribution in [1.82, 2.24) is 20.2 Å². The zero-order chi connectivity index (χ0) is 12.6. The normalized spacial score (nSPS) is 12.8. The summed E-state index contributed by atoms with van der Waals surface area (Å²) in [5.41, 5.74) is -0.0850. The summed E-state index contributed by atoms with van der Waals surface area (Å²) in [6, 6.07) is 2.01. The predicted octanol–water partition coefficient (Wildman–Crippen LogP) is 3.00. The molecule has 2 rings (SSSR count). The first-order valence-electron chi connectivity index (χ1n) is 4.58. The molecule has 1 atom stereocenters. The van der Waals surface area contributed by atoms with Crippen molar-refractivity contribution in [1.29, 1.82) is 0 Å². The van der Waals surface area contributed by atoms with Gasteiger partial charge in [0, 0.05) is 6.07 Å². The molecule has 0 radical (unpaired) electrons. The first-order chi connectivity index (χ1) is 8.00. The van der Waals surface area contributed by atoms with Crippen molar-refractivity contribution in [2.75, 3.05) is 0 Å². The Morgan fingerprint density at radius 2 is 2.06 bits per heavy atom. The first kappa shape index (κ1) is 12.4. The number of halogens is 4. The lowest BCUT2D eigenvalue weighted by atomic mass is 10.3. The van der Waals surface area contributed by atoms with E-state index >= 15 is 0 Å². The number of hydrogen-bond donors (Lipinski definition) is 0. The van der Waals surface area contributed by atoms with Gasteiger partial charge in [0.05, 0.1) is 9.85 Å². The summed E-state index contributed by atoms with van der Waals surface area (Å²) in [5.74, 6) is -1.01. The van der Waals surface area contributed by atoms with E-state index in [2.05, 4.69) is 31.5 Å². The number of benzene rings is 1. The Morgan fingerprint density at radius 3 is 2.71 bits per heavy atom.